The fourth-order valence-electron chi connectivity index (χ4n) is 1.29. The van der Waals surface area contributed by atoms with Gasteiger partial charge in [0.2, 0.25) is 0 Å². The van der Waals surface area contributed by atoms with Crippen LogP contribution in [0.15, 0.2) is 55.6 Å². The van der Waals surface area contributed by atoms with Crippen LogP contribution in [0.1, 0.15) is 0 Å². The second-order valence-electron chi connectivity index (χ2n) is 3.50. The Labute approximate surface area is 111 Å². The molecule has 0 fully saturated rings. The molecule has 0 aliphatic rings. The van der Waals surface area contributed by atoms with Gasteiger partial charge in [-0.15, -0.1) is 0 Å². The molecule has 0 saturated heterocycles. The molecular weight excluding hydrogens is 268 g/mol. The summed E-state index contributed by atoms with van der Waals surface area (Å²) in [5.74, 6) is 0.798. The molecule has 0 bridgehead atoms. The van der Waals surface area contributed by atoms with E-state index in [0.717, 1.165) is 10.3 Å². The van der Waals surface area contributed by atoms with Crippen molar-refractivity contribution in [1.82, 2.24) is 8.96 Å². The first kappa shape index (κ1) is 13.2. The van der Waals surface area contributed by atoms with Crippen LogP contribution in [0.3, 0.4) is 0 Å². The van der Waals surface area contributed by atoms with E-state index in [2.05, 4.69) is 11.6 Å². The molecule has 0 spiro atoms. The zero-order chi connectivity index (χ0) is 13.7. The van der Waals surface area contributed by atoms with Crippen LogP contribution in [0.25, 0.3) is 0 Å². The highest BCUT2D eigenvalue weighted by molar-refractivity contribution is 7.85. The van der Waals surface area contributed by atoms with Gasteiger partial charge in [0.25, 0.3) is 0 Å². The summed E-state index contributed by atoms with van der Waals surface area (Å²) in [6, 6.07) is 6.24. The van der Waals surface area contributed by atoms with Gasteiger partial charge >= 0.3 is 10.3 Å². The van der Waals surface area contributed by atoms with Gasteiger partial charge in [0, 0.05) is 12.4 Å². The Bertz CT molecular complexity index is 633. The molecule has 0 unspecified atom stereocenters. The van der Waals surface area contributed by atoms with Gasteiger partial charge in [-0.25, -0.2) is 8.96 Å². The molecule has 2 aromatic rings. The van der Waals surface area contributed by atoms with E-state index in [4.69, 9.17) is 8.92 Å². The average molecular weight is 280 g/mol. The molecule has 0 aliphatic heterocycles. The molecule has 7 heteroatoms. The molecule has 6 nitrogen and oxygen atoms in total. The van der Waals surface area contributed by atoms with Gasteiger partial charge in [-0.05, 0) is 24.3 Å². The topological polar surface area (TPSA) is 70.4 Å². The lowest BCUT2D eigenvalue weighted by Crippen LogP contribution is -2.17. The highest BCUT2D eigenvalue weighted by Crippen LogP contribution is 2.19. The number of aromatic nitrogens is 2. The zero-order valence-electron chi connectivity index (χ0n) is 9.97. The van der Waals surface area contributed by atoms with Crippen LogP contribution in [-0.4, -0.2) is 24.0 Å². The van der Waals surface area contributed by atoms with Crippen LogP contribution in [0.5, 0.6) is 11.5 Å². The predicted molar refractivity (Wildman–Crippen MR) is 69.3 cm³/mol. The monoisotopic (exact) mass is 280 g/mol. The molecule has 1 aromatic heterocycles. The van der Waals surface area contributed by atoms with Crippen molar-refractivity contribution >= 4 is 10.3 Å². The number of imidazole rings is 1. The second kappa shape index (κ2) is 5.57. The minimum absolute atomic E-state index is 0.194. The summed E-state index contributed by atoms with van der Waals surface area (Å²) in [5, 5.41) is 0. The van der Waals surface area contributed by atoms with Gasteiger partial charge in [-0.3, -0.25) is 0 Å². The molecule has 0 saturated carbocycles. The van der Waals surface area contributed by atoms with Crippen LogP contribution in [0.4, 0.5) is 0 Å². The van der Waals surface area contributed by atoms with Gasteiger partial charge in [0.1, 0.15) is 24.4 Å². The molecular formula is C12H12N2O4S. The molecule has 1 heterocycles. The third-order valence-corrected chi connectivity index (χ3v) is 3.27. The van der Waals surface area contributed by atoms with Gasteiger partial charge in [-0.1, -0.05) is 12.7 Å². The SMILES string of the molecule is C=CCOc1ccc(OS(=O)(=O)n2ccnc2)cc1. The highest BCUT2D eigenvalue weighted by Gasteiger charge is 2.14. The lowest BCUT2D eigenvalue weighted by atomic mass is 10.3. The summed E-state index contributed by atoms with van der Waals surface area (Å²) in [6.07, 6.45) is 5.41. The Balaban J connectivity index is 2.09. The van der Waals surface area contributed by atoms with Crippen molar-refractivity contribution in [2.45, 2.75) is 0 Å². The lowest BCUT2D eigenvalue weighted by molar-refractivity contribution is 0.362. The van der Waals surface area contributed by atoms with E-state index in [0.29, 0.717) is 12.4 Å². The van der Waals surface area contributed by atoms with Crippen molar-refractivity contribution in [2.75, 3.05) is 6.61 Å². The molecule has 19 heavy (non-hydrogen) atoms. The maximum Gasteiger partial charge on any atom is 0.414 e. The normalized spacial score (nSPS) is 10.9. The highest BCUT2D eigenvalue weighted by atomic mass is 32.2. The summed E-state index contributed by atoms with van der Waals surface area (Å²) in [5.41, 5.74) is 0. The Morgan fingerprint density at radius 2 is 1.95 bits per heavy atom. The number of ether oxygens (including phenoxy) is 1. The van der Waals surface area contributed by atoms with Crippen LogP contribution in [0.2, 0.25) is 0 Å². The minimum atomic E-state index is -3.90. The first-order chi connectivity index (χ1) is 9.12. The standard InChI is InChI=1S/C12H12N2O4S/c1-2-9-17-11-3-5-12(6-4-11)18-19(15,16)14-8-7-13-10-14/h2-8,10H,1,9H2. The molecule has 0 N–H and O–H groups in total. The Morgan fingerprint density at radius 3 is 2.53 bits per heavy atom. The van der Waals surface area contributed by atoms with Crippen molar-refractivity contribution in [3.05, 3.63) is 55.6 Å². The molecule has 0 radical (unpaired) electrons. The summed E-state index contributed by atoms with van der Waals surface area (Å²) in [7, 11) is -3.90. The first-order valence-corrected chi connectivity index (χ1v) is 6.75. The summed E-state index contributed by atoms with van der Waals surface area (Å²) in [4.78, 5) is 3.65. The van der Waals surface area contributed by atoms with Gasteiger partial charge in [0.15, 0.2) is 0 Å². The predicted octanol–water partition coefficient (Wildman–Crippen LogP) is 1.62. The van der Waals surface area contributed by atoms with Crippen LogP contribution < -0.4 is 8.92 Å². The Morgan fingerprint density at radius 1 is 1.26 bits per heavy atom. The van der Waals surface area contributed by atoms with Crippen molar-refractivity contribution in [3.8, 4) is 11.5 Å². The maximum absolute atomic E-state index is 11.8. The van der Waals surface area contributed by atoms with E-state index in [1.807, 2.05) is 0 Å². The van der Waals surface area contributed by atoms with Crippen LogP contribution in [-0.2, 0) is 10.3 Å². The quantitative estimate of drug-likeness (QED) is 0.752. The summed E-state index contributed by atoms with van der Waals surface area (Å²) < 4.78 is 34.6. The summed E-state index contributed by atoms with van der Waals surface area (Å²) >= 11 is 0. The lowest BCUT2D eigenvalue weighted by Gasteiger charge is -2.08. The number of nitrogens with zero attached hydrogens (tertiary/aromatic N) is 2. The van der Waals surface area contributed by atoms with E-state index in [-0.39, 0.29) is 5.75 Å². The number of hydrogen-bond donors (Lipinski definition) is 0. The third-order valence-electron chi connectivity index (χ3n) is 2.13. The number of hydrogen-bond acceptors (Lipinski definition) is 5. The largest absolute Gasteiger partial charge is 0.490 e. The van der Waals surface area contributed by atoms with Gasteiger partial charge < -0.3 is 8.92 Å². The maximum atomic E-state index is 11.8. The minimum Gasteiger partial charge on any atom is -0.490 e. The second-order valence-corrected chi connectivity index (χ2v) is 4.95. The zero-order valence-corrected chi connectivity index (χ0v) is 10.8. The van der Waals surface area contributed by atoms with E-state index >= 15 is 0 Å². The van der Waals surface area contributed by atoms with Crippen molar-refractivity contribution in [3.63, 3.8) is 0 Å². The van der Waals surface area contributed by atoms with Gasteiger partial charge in [-0.2, -0.15) is 8.42 Å². The number of rotatable bonds is 6. The summed E-state index contributed by atoms with van der Waals surface area (Å²) in [6.45, 7) is 3.92. The Hall–Kier alpha value is -2.28. The van der Waals surface area contributed by atoms with Crippen LogP contribution >= 0.6 is 0 Å². The Kier molecular flexibility index (Phi) is 3.86. The van der Waals surface area contributed by atoms with Crippen molar-refractivity contribution < 1.29 is 17.3 Å². The van der Waals surface area contributed by atoms with E-state index in [1.165, 1.54) is 24.5 Å². The third kappa shape index (κ3) is 3.35. The van der Waals surface area contributed by atoms with Crippen molar-refractivity contribution in [2.24, 2.45) is 0 Å². The van der Waals surface area contributed by atoms with E-state index < -0.39 is 10.3 Å². The first-order valence-electron chi connectivity index (χ1n) is 5.38. The molecule has 0 amide bonds. The van der Waals surface area contributed by atoms with Crippen LogP contribution in [0, 0.1) is 0 Å². The van der Waals surface area contributed by atoms with Crippen molar-refractivity contribution in [1.29, 1.82) is 0 Å². The average Bonchev–Trinajstić information content (AvgIpc) is 2.92. The molecule has 2 rings (SSSR count). The smallest absolute Gasteiger partial charge is 0.414 e. The number of benzene rings is 1. The van der Waals surface area contributed by atoms with E-state index in [9.17, 15) is 8.42 Å². The van der Waals surface area contributed by atoms with E-state index in [1.54, 1.807) is 18.2 Å². The molecule has 0 aliphatic carbocycles. The fourth-order valence-corrected chi connectivity index (χ4v) is 2.10. The van der Waals surface area contributed by atoms with Gasteiger partial charge in [0.05, 0.1) is 0 Å². The molecule has 0 atom stereocenters. The fraction of sp³-hybridized carbons (Fsp3) is 0.0833. The molecule has 1 aromatic carbocycles. The molecule has 100 valence electrons.